The van der Waals surface area contributed by atoms with Crippen molar-refractivity contribution in [3.8, 4) is 0 Å². The average Bonchev–Trinajstić information content (AvgIpc) is 3.05. The number of rotatable bonds is 5. The van der Waals surface area contributed by atoms with Crippen molar-refractivity contribution in [2.75, 3.05) is 16.8 Å². The zero-order valence-electron chi connectivity index (χ0n) is 14.2. The molecule has 3 aromatic rings. The van der Waals surface area contributed by atoms with Gasteiger partial charge in [0, 0.05) is 29.2 Å². The van der Waals surface area contributed by atoms with Gasteiger partial charge in [0.25, 0.3) is 5.91 Å². The molecule has 1 aromatic heterocycles. The van der Waals surface area contributed by atoms with Gasteiger partial charge in [0.15, 0.2) is 0 Å². The van der Waals surface area contributed by atoms with Crippen LogP contribution in [0.1, 0.15) is 31.1 Å². The van der Waals surface area contributed by atoms with Crippen molar-refractivity contribution in [1.29, 1.82) is 0 Å². The summed E-state index contributed by atoms with van der Waals surface area (Å²) in [5, 5.41) is 10.9. The smallest absolute Gasteiger partial charge is 0.255 e. The van der Waals surface area contributed by atoms with Crippen molar-refractivity contribution in [3.63, 3.8) is 0 Å². The molecule has 0 saturated heterocycles. The Morgan fingerprint density at radius 2 is 1.96 bits per heavy atom. The van der Waals surface area contributed by atoms with Crippen LogP contribution in [0.3, 0.4) is 0 Å². The van der Waals surface area contributed by atoms with Gasteiger partial charge in [0.1, 0.15) is 0 Å². The van der Waals surface area contributed by atoms with Crippen LogP contribution in [0.25, 0.3) is 10.9 Å². The first-order valence-electron chi connectivity index (χ1n) is 8.20. The number of carbonyl (C=O) groups excluding carboxylic acids is 1. The van der Waals surface area contributed by atoms with Gasteiger partial charge in [-0.2, -0.15) is 5.10 Å². The molecule has 1 amide bonds. The van der Waals surface area contributed by atoms with E-state index in [1.807, 2.05) is 42.5 Å². The number of amides is 1. The number of H-pyrrole nitrogens is 1. The maximum Gasteiger partial charge on any atom is 0.255 e. The molecule has 3 rings (SSSR count). The summed E-state index contributed by atoms with van der Waals surface area (Å²) >= 11 is 0. The van der Waals surface area contributed by atoms with E-state index >= 15 is 0 Å². The number of aromatic nitrogens is 2. The van der Waals surface area contributed by atoms with E-state index in [0.717, 1.165) is 28.8 Å². The summed E-state index contributed by atoms with van der Waals surface area (Å²) in [6, 6.07) is 13.9. The third-order valence-electron chi connectivity index (χ3n) is 4.15. The molecule has 0 aliphatic carbocycles. The predicted molar refractivity (Wildman–Crippen MR) is 98.6 cm³/mol. The Balaban J connectivity index is 1.79. The van der Waals surface area contributed by atoms with Crippen LogP contribution in [-0.4, -0.2) is 28.7 Å². The Labute approximate surface area is 141 Å². The minimum Gasteiger partial charge on any atom is -0.369 e. The van der Waals surface area contributed by atoms with Gasteiger partial charge in [0.05, 0.1) is 17.4 Å². The number of benzene rings is 2. The zero-order chi connectivity index (χ0) is 17.1. The molecule has 1 heterocycles. The predicted octanol–water partition coefficient (Wildman–Crippen LogP) is 4.05. The second-order valence-electron chi connectivity index (χ2n) is 6.02. The van der Waals surface area contributed by atoms with Crippen LogP contribution in [0.15, 0.2) is 48.7 Å². The molecule has 0 radical (unpaired) electrons. The van der Waals surface area contributed by atoms with E-state index in [1.54, 1.807) is 6.20 Å². The van der Waals surface area contributed by atoms with E-state index in [4.69, 9.17) is 0 Å². The third kappa shape index (κ3) is 3.11. The fourth-order valence-corrected chi connectivity index (χ4v) is 2.92. The van der Waals surface area contributed by atoms with Crippen LogP contribution in [-0.2, 0) is 0 Å². The van der Waals surface area contributed by atoms with E-state index < -0.39 is 0 Å². The number of carbonyl (C=O) groups is 1. The topological polar surface area (TPSA) is 61.0 Å². The van der Waals surface area contributed by atoms with Crippen molar-refractivity contribution < 1.29 is 4.79 Å². The van der Waals surface area contributed by atoms with E-state index in [-0.39, 0.29) is 5.91 Å². The lowest BCUT2D eigenvalue weighted by Gasteiger charge is -2.27. The number of para-hydroxylation sites is 1. The van der Waals surface area contributed by atoms with Crippen molar-refractivity contribution in [2.24, 2.45) is 0 Å². The molecule has 24 heavy (non-hydrogen) atoms. The highest BCUT2D eigenvalue weighted by Gasteiger charge is 2.12. The van der Waals surface area contributed by atoms with Crippen LogP contribution in [0.2, 0.25) is 0 Å². The maximum absolute atomic E-state index is 12.5. The van der Waals surface area contributed by atoms with Gasteiger partial charge in [0.2, 0.25) is 0 Å². The van der Waals surface area contributed by atoms with Gasteiger partial charge < -0.3 is 10.2 Å². The molecule has 0 aliphatic rings. The highest BCUT2D eigenvalue weighted by atomic mass is 16.1. The summed E-state index contributed by atoms with van der Waals surface area (Å²) in [6.07, 6.45) is 1.74. The number of fused-ring (bicyclic) bond motifs is 1. The number of nitrogens with one attached hydrogen (secondary N) is 2. The van der Waals surface area contributed by atoms with Crippen LogP contribution >= 0.6 is 0 Å². The molecule has 2 N–H and O–H groups in total. The van der Waals surface area contributed by atoms with Crippen LogP contribution in [0, 0.1) is 0 Å². The van der Waals surface area contributed by atoms with Gasteiger partial charge in [-0.05, 0) is 51.1 Å². The molecule has 0 fully saturated rings. The molecule has 2 aromatic carbocycles. The maximum atomic E-state index is 12.5. The SMILES string of the molecule is CCN(c1ccc(C(=O)Nc2cccc3cn[nH]c23)cc1)C(C)C. The van der Waals surface area contributed by atoms with Crippen molar-refractivity contribution in [2.45, 2.75) is 26.8 Å². The third-order valence-corrected chi connectivity index (χ3v) is 4.15. The lowest BCUT2D eigenvalue weighted by Crippen LogP contribution is -2.30. The molecule has 0 aliphatic heterocycles. The normalized spacial score (nSPS) is 11.0. The second-order valence-corrected chi connectivity index (χ2v) is 6.02. The van der Waals surface area contributed by atoms with Gasteiger partial charge in [-0.25, -0.2) is 0 Å². The number of anilines is 2. The number of aromatic amines is 1. The van der Waals surface area contributed by atoms with Crippen LogP contribution in [0.4, 0.5) is 11.4 Å². The zero-order valence-corrected chi connectivity index (χ0v) is 14.2. The van der Waals surface area contributed by atoms with E-state index in [9.17, 15) is 4.79 Å². The summed E-state index contributed by atoms with van der Waals surface area (Å²) in [4.78, 5) is 14.8. The molecule has 5 heteroatoms. The van der Waals surface area contributed by atoms with E-state index in [2.05, 4.69) is 41.2 Å². The molecule has 5 nitrogen and oxygen atoms in total. The summed E-state index contributed by atoms with van der Waals surface area (Å²) < 4.78 is 0. The summed E-state index contributed by atoms with van der Waals surface area (Å²) in [5.41, 5.74) is 3.32. The number of hydrogen-bond donors (Lipinski definition) is 2. The first kappa shape index (κ1) is 16.1. The number of nitrogens with zero attached hydrogens (tertiary/aromatic N) is 2. The van der Waals surface area contributed by atoms with Gasteiger partial charge >= 0.3 is 0 Å². The molecule has 0 spiro atoms. The molecule has 0 unspecified atom stereocenters. The largest absolute Gasteiger partial charge is 0.369 e. The summed E-state index contributed by atoms with van der Waals surface area (Å²) in [5.74, 6) is -0.128. The van der Waals surface area contributed by atoms with E-state index in [0.29, 0.717) is 11.6 Å². The molecular formula is C19H22N4O. The van der Waals surface area contributed by atoms with Crippen LogP contribution in [0.5, 0.6) is 0 Å². The van der Waals surface area contributed by atoms with Gasteiger partial charge in [-0.1, -0.05) is 12.1 Å². The van der Waals surface area contributed by atoms with Gasteiger partial charge in [-0.3, -0.25) is 9.89 Å². The molecule has 0 bridgehead atoms. The monoisotopic (exact) mass is 322 g/mol. The van der Waals surface area contributed by atoms with Crippen molar-refractivity contribution in [1.82, 2.24) is 10.2 Å². The minimum absolute atomic E-state index is 0.128. The summed E-state index contributed by atoms with van der Waals surface area (Å²) in [6.45, 7) is 7.39. The Bertz CT molecular complexity index is 836. The quantitative estimate of drug-likeness (QED) is 0.745. The highest BCUT2D eigenvalue weighted by molar-refractivity contribution is 6.08. The van der Waals surface area contributed by atoms with Crippen LogP contribution < -0.4 is 10.2 Å². The molecular weight excluding hydrogens is 300 g/mol. The molecule has 124 valence electrons. The first-order chi connectivity index (χ1) is 11.6. The standard InChI is InChI=1S/C19H22N4O/c1-4-23(13(2)3)16-10-8-14(9-11-16)19(24)21-17-7-5-6-15-12-20-22-18(15)17/h5-13H,4H2,1-3H3,(H,20,22)(H,21,24). The lowest BCUT2D eigenvalue weighted by molar-refractivity contribution is 0.102. The fraction of sp³-hybridized carbons (Fsp3) is 0.263. The second kappa shape index (κ2) is 6.74. The highest BCUT2D eigenvalue weighted by Crippen LogP contribution is 2.22. The van der Waals surface area contributed by atoms with Gasteiger partial charge in [-0.15, -0.1) is 0 Å². The number of hydrogen-bond acceptors (Lipinski definition) is 3. The Hall–Kier alpha value is -2.82. The Morgan fingerprint density at radius 1 is 1.21 bits per heavy atom. The Kier molecular flexibility index (Phi) is 4.51. The lowest BCUT2D eigenvalue weighted by atomic mass is 10.1. The summed E-state index contributed by atoms with van der Waals surface area (Å²) in [7, 11) is 0. The first-order valence-corrected chi connectivity index (χ1v) is 8.20. The van der Waals surface area contributed by atoms with E-state index in [1.165, 1.54) is 0 Å². The minimum atomic E-state index is -0.128. The molecule has 0 saturated carbocycles. The fourth-order valence-electron chi connectivity index (χ4n) is 2.92. The molecule has 0 atom stereocenters. The Morgan fingerprint density at radius 3 is 2.62 bits per heavy atom. The average molecular weight is 322 g/mol. The van der Waals surface area contributed by atoms with Crippen molar-refractivity contribution in [3.05, 3.63) is 54.2 Å². The van der Waals surface area contributed by atoms with Crippen molar-refractivity contribution >= 4 is 28.2 Å².